The van der Waals surface area contributed by atoms with Crippen molar-refractivity contribution in [2.45, 2.75) is 56.2 Å². The summed E-state index contributed by atoms with van der Waals surface area (Å²) < 4.78 is 49.6. The van der Waals surface area contributed by atoms with E-state index in [9.17, 15) is 36.0 Å². The number of rotatable bonds is 9. The Labute approximate surface area is 232 Å². The molecule has 0 unspecified atom stereocenters. The van der Waals surface area contributed by atoms with Gasteiger partial charge < -0.3 is 14.8 Å². The first-order chi connectivity index (χ1) is 18.5. The molecule has 1 aromatic carbocycles. The summed E-state index contributed by atoms with van der Waals surface area (Å²) in [7, 11) is -8.23. The number of sulfonamides is 1. The minimum atomic E-state index is -4.25. The first-order valence-corrected chi connectivity index (χ1v) is 16.0. The van der Waals surface area contributed by atoms with Gasteiger partial charge in [0.2, 0.25) is 10.0 Å². The van der Waals surface area contributed by atoms with Crippen LogP contribution >= 0.6 is 0 Å². The Morgan fingerprint density at radius 3 is 2.17 bits per heavy atom. The number of aromatic nitrogens is 1. The van der Waals surface area contributed by atoms with Crippen LogP contribution in [0.25, 0.3) is 0 Å². The van der Waals surface area contributed by atoms with Crippen LogP contribution in [0.5, 0.6) is 0 Å². The van der Waals surface area contributed by atoms with E-state index < -0.39 is 52.6 Å². The highest BCUT2D eigenvalue weighted by molar-refractivity contribution is 7.95. The summed E-state index contributed by atoms with van der Waals surface area (Å²) in [5.74, 6) is -2.32. The lowest BCUT2D eigenvalue weighted by molar-refractivity contribution is -0.121. The molecule has 2 N–H and O–H groups in total. The Morgan fingerprint density at radius 1 is 0.975 bits per heavy atom. The van der Waals surface area contributed by atoms with E-state index >= 15 is 0 Å². The van der Waals surface area contributed by atoms with Crippen molar-refractivity contribution in [3.05, 3.63) is 69.1 Å². The van der Waals surface area contributed by atoms with Crippen LogP contribution in [0.1, 0.15) is 58.7 Å². The van der Waals surface area contributed by atoms with Gasteiger partial charge in [-0.05, 0) is 51.3 Å². The van der Waals surface area contributed by atoms with Gasteiger partial charge in [-0.3, -0.25) is 23.9 Å². The van der Waals surface area contributed by atoms with Crippen LogP contribution in [0.4, 0.5) is 0 Å². The fraction of sp³-hybridized carbons (Fsp3) is 0.462. The molecule has 216 valence electrons. The molecule has 1 fully saturated rings. The van der Waals surface area contributed by atoms with Crippen molar-refractivity contribution in [2.75, 3.05) is 19.3 Å². The number of nitrogens with one attached hydrogen (secondary N) is 2. The van der Waals surface area contributed by atoms with Crippen LogP contribution in [-0.4, -0.2) is 72.9 Å². The van der Waals surface area contributed by atoms with Crippen molar-refractivity contribution >= 4 is 37.6 Å². The molecule has 3 amide bonds. The van der Waals surface area contributed by atoms with Crippen molar-refractivity contribution in [2.24, 2.45) is 0 Å². The summed E-state index contributed by atoms with van der Waals surface area (Å²) in [6.07, 6.45) is 1.15. The fourth-order valence-corrected chi connectivity index (χ4v) is 7.73. The van der Waals surface area contributed by atoms with E-state index in [4.69, 9.17) is 0 Å². The standard InChI is InChI=1S/C26H32N4O8S2/c1-17-5-7-18(8-6-17)15-27-21(31)19-9-10-20-23(33)29(13-14-30(20)22(19)32)16-26(11-12-26)40(37,38)25(2,3)24(34)28-39(4,35)36/h5-10H,11-16H2,1-4H3,(H,27,31)(H,28,34). The average Bonchev–Trinajstić information content (AvgIpc) is 3.66. The van der Waals surface area contributed by atoms with Crippen molar-refractivity contribution in [3.63, 3.8) is 0 Å². The molecule has 1 aliphatic carbocycles. The number of fused-ring (bicyclic) bond motifs is 1. The van der Waals surface area contributed by atoms with Crippen molar-refractivity contribution in [3.8, 4) is 0 Å². The Hall–Kier alpha value is -3.52. The lowest BCUT2D eigenvalue weighted by Gasteiger charge is -2.35. The topological polar surface area (TPSA) is 169 Å². The van der Waals surface area contributed by atoms with Crippen LogP contribution in [0, 0.1) is 6.92 Å². The average molecular weight is 593 g/mol. The van der Waals surface area contributed by atoms with Gasteiger partial charge in [-0.1, -0.05) is 29.8 Å². The van der Waals surface area contributed by atoms with E-state index in [-0.39, 0.29) is 50.3 Å². The number of carbonyl (C=O) groups excluding carboxylic acids is 3. The van der Waals surface area contributed by atoms with Crippen LogP contribution in [0.3, 0.4) is 0 Å². The van der Waals surface area contributed by atoms with Gasteiger partial charge in [-0.25, -0.2) is 16.8 Å². The maximum Gasteiger partial charge on any atom is 0.270 e. The normalized spacial score (nSPS) is 16.7. The lowest BCUT2D eigenvalue weighted by atomic mass is 10.1. The van der Waals surface area contributed by atoms with E-state index in [0.717, 1.165) is 31.2 Å². The van der Waals surface area contributed by atoms with Gasteiger partial charge in [0.25, 0.3) is 23.3 Å². The molecule has 4 rings (SSSR count). The molecule has 40 heavy (non-hydrogen) atoms. The number of amides is 3. The molecule has 1 saturated carbocycles. The summed E-state index contributed by atoms with van der Waals surface area (Å²) in [4.78, 5) is 53.0. The van der Waals surface area contributed by atoms with Crippen LogP contribution < -0.4 is 15.6 Å². The highest BCUT2D eigenvalue weighted by Crippen LogP contribution is 2.49. The summed E-state index contributed by atoms with van der Waals surface area (Å²) in [6, 6.07) is 10.2. The monoisotopic (exact) mass is 592 g/mol. The molecular weight excluding hydrogens is 560 g/mol. The molecule has 12 nitrogen and oxygen atoms in total. The highest BCUT2D eigenvalue weighted by atomic mass is 32.2. The zero-order chi connectivity index (χ0) is 29.7. The Morgan fingerprint density at radius 2 is 1.60 bits per heavy atom. The smallest absolute Gasteiger partial charge is 0.270 e. The summed E-state index contributed by atoms with van der Waals surface area (Å²) in [5.41, 5.74) is 1.22. The van der Waals surface area contributed by atoms with Crippen molar-refractivity contribution < 1.29 is 31.2 Å². The van der Waals surface area contributed by atoms with Gasteiger partial charge in [-0.2, -0.15) is 0 Å². The predicted molar refractivity (Wildman–Crippen MR) is 147 cm³/mol. The maximum absolute atomic E-state index is 13.6. The molecule has 14 heteroatoms. The minimum absolute atomic E-state index is 0.0212. The largest absolute Gasteiger partial charge is 0.348 e. The number of carbonyl (C=O) groups is 3. The Bertz CT molecular complexity index is 1650. The first-order valence-electron chi connectivity index (χ1n) is 12.6. The fourth-order valence-electron chi connectivity index (χ4n) is 4.73. The quantitative estimate of drug-likeness (QED) is 0.420. The molecule has 2 aromatic rings. The highest BCUT2D eigenvalue weighted by Gasteiger charge is 2.63. The molecule has 0 radical (unpaired) electrons. The number of hydrogen-bond donors (Lipinski definition) is 2. The van der Waals surface area contributed by atoms with E-state index in [1.165, 1.54) is 21.6 Å². The molecule has 2 heterocycles. The second-order valence-corrected chi connectivity index (χ2v) is 15.5. The molecule has 1 aliphatic heterocycles. The summed E-state index contributed by atoms with van der Waals surface area (Å²) in [5, 5.41) is 2.71. The zero-order valence-electron chi connectivity index (χ0n) is 22.7. The van der Waals surface area contributed by atoms with Gasteiger partial charge in [0, 0.05) is 26.2 Å². The second kappa shape index (κ2) is 10.1. The Kier molecular flexibility index (Phi) is 7.47. The number of aryl methyl sites for hydroxylation is 1. The molecule has 0 atom stereocenters. The molecule has 2 aliphatic rings. The van der Waals surface area contributed by atoms with Crippen LogP contribution in [0.15, 0.2) is 41.2 Å². The maximum atomic E-state index is 13.6. The third-order valence-electron chi connectivity index (χ3n) is 7.45. The van der Waals surface area contributed by atoms with E-state index in [1.54, 1.807) is 4.72 Å². The van der Waals surface area contributed by atoms with Gasteiger partial charge in [-0.15, -0.1) is 0 Å². The molecule has 0 saturated heterocycles. The van der Waals surface area contributed by atoms with E-state index in [1.807, 2.05) is 31.2 Å². The summed E-state index contributed by atoms with van der Waals surface area (Å²) >= 11 is 0. The number of nitrogens with zero attached hydrogens (tertiary/aromatic N) is 2. The minimum Gasteiger partial charge on any atom is -0.348 e. The first kappa shape index (κ1) is 29.5. The van der Waals surface area contributed by atoms with Gasteiger partial charge >= 0.3 is 0 Å². The Balaban J connectivity index is 1.50. The number of pyridine rings is 1. The van der Waals surface area contributed by atoms with Crippen LogP contribution in [-0.2, 0) is 37.7 Å². The molecule has 0 bridgehead atoms. The predicted octanol–water partition coefficient (Wildman–Crippen LogP) is 0.344. The third kappa shape index (κ3) is 5.42. The summed E-state index contributed by atoms with van der Waals surface area (Å²) in [6.45, 7) is 4.31. The number of sulfone groups is 1. The van der Waals surface area contributed by atoms with E-state index in [2.05, 4.69) is 5.32 Å². The number of benzene rings is 1. The SMILES string of the molecule is Cc1ccc(CNC(=O)c2ccc3n(c2=O)CCN(CC2(S(=O)(=O)C(C)(C)C(=O)NS(C)(=O)=O)CC2)C3=O)cc1. The lowest BCUT2D eigenvalue weighted by Crippen LogP contribution is -2.57. The molecule has 0 spiro atoms. The van der Waals surface area contributed by atoms with Crippen molar-refractivity contribution in [1.29, 1.82) is 0 Å². The zero-order valence-corrected chi connectivity index (χ0v) is 24.3. The van der Waals surface area contributed by atoms with Crippen molar-refractivity contribution in [1.82, 2.24) is 19.5 Å². The van der Waals surface area contributed by atoms with Gasteiger partial charge in [0.1, 0.15) is 16.0 Å². The van der Waals surface area contributed by atoms with E-state index in [0.29, 0.717) is 0 Å². The van der Waals surface area contributed by atoms with Gasteiger partial charge in [0.15, 0.2) is 9.84 Å². The molecule has 1 aromatic heterocycles. The third-order valence-corrected chi connectivity index (χ3v) is 11.2. The molecular formula is C26H32N4O8S2. The number of hydrogen-bond acceptors (Lipinski definition) is 8. The van der Waals surface area contributed by atoms with Gasteiger partial charge in [0.05, 0.1) is 11.0 Å². The second-order valence-electron chi connectivity index (χ2n) is 10.9. The van der Waals surface area contributed by atoms with Crippen LogP contribution in [0.2, 0.25) is 0 Å².